The van der Waals surface area contributed by atoms with Gasteiger partial charge in [-0.1, -0.05) is 19.9 Å². The van der Waals surface area contributed by atoms with E-state index in [2.05, 4.69) is 0 Å². The van der Waals surface area contributed by atoms with Crippen LogP contribution in [0.3, 0.4) is 0 Å². The Kier molecular flexibility index (Phi) is 3.05. The molecule has 0 atom stereocenters. The fourth-order valence-corrected chi connectivity index (χ4v) is 2.37. The van der Waals surface area contributed by atoms with E-state index in [1.807, 2.05) is 13.8 Å². The zero-order chi connectivity index (χ0) is 13.6. The van der Waals surface area contributed by atoms with Gasteiger partial charge < -0.3 is 10.6 Å². The van der Waals surface area contributed by atoms with E-state index in [0.29, 0.717) is 18.7 Å². The summed E-state index contributed by atoms with van der Waals surface area (Å²) in [4.78, 5) is 1.77. The molecule has 0 radical (unpaired) electrons. The monoisotopic (exact) mass is 258 g/mol. The first-order valence-corrected chi connectivity index (χ1v) is 5.88. The minimum atomic E-state index is -4.33. The Bertz CT molecular complexity index is 444. The molecule has 0 aromatic heterocycles. The van der Waals surface area contributed by atoms with Crippen molar-refractivity contribution in [1.82, 2.24) is 0 Å². The van der Waals surface area contributed by atoms with E-state index in [1.54, 1.807) is 11.0 Å². The Morgan fingerprint density at radius 2 is 1.89 bits per heavy atom. The third kappa shape index (κ3) is 2.46. The Balaban J connectivity index is 2.36. The van der Waals surface area contributed by atoms with Crippen molar-refractivity contribution < 1.29 is 13.2 Å². The fourth-order valence-electron chi connectivity index (χ4n) is 2.37. The molecule has 1 aliphatic heterocycles. The van der Waals surface area contributed by atoms with E-state index in [9.17, 15) is 13.2 Å². The predicted octanol–water partition coefficient (Wildman–Crippen LogP) is 3.01. The van der Waals surface area contributed by atoms with Crippen molar-refractivity contribution in [3.63, 3.8) is 0 Å². The number of nitrogens with zero attached hydrogens (tertiary/aromatic N) is 1. The lowest BCUT2D eigenvalue weighted by Crippen LogP contribution is -2.53. The first-order valence-electron chi connectivity index (χ1n) is 5.88. The van der Waals surface area contributed by atoms with Crippen LogP contribution in [0.15, 0.2) is 18.2 Å². The number of nitrogens with two attached hydrogens (primary N) is 1. The van der Waals surface area contributed by atoms with Crippen molar-refractivity contribution in [1.29, 1.82) is 0 Å². The maximum atomic E-state index is 13.0. The largest absolute Gasteiger partial charge is 0.418 e. The second-order valence-corrected chi connectivity index (χ2v) is 5.57. The molecule has 0 aliphatic carbocycles. The maximum absolute atomic E-state index is 13.0. The van der Waals surface area contributed by atoms with Crippen LogP contribution in [0.25, 0.3) is 0 Å². The lowest BCUT2D eigenvalue weighted by atomic mass is 9.83. The average Bonchev–Trinajstić information content (AvgIpc) is 2.23. The molecule has 0 saturated carbocycles. The second-order valence-electron chi connectivity index (χ2n) is 5.57. The van der Waals surface area contributed by atoms with Crippen molar-refractivity contribution in [3.05, 3.63) is 29.3 Å². The smallest absolute Gasteiger partial charge is 0.370 e. The number of hydrogen-bond donors (Lipinski definition) is 1. The van der Waals surface area contributed by atoms with E-state index in [1.165, 1.54) is 6.07 Å². The number of alkyl halides is 3. The normalized spacial score (nSPS) is 18.7. The molecule has 0 bridgehead atoms. The molecule has 1 heterocycles. The first kappa shape index (κ1) is 13.2. The first-order chi connectivity index (χ1) is 8.23. The summed E-state index contributed by atoms with van der Waals surface area (Å²) in [5.41, 5.74) is 5.68. The summed E-state index contributed by atoms with van der Waals surface area (Å²) in [5, 5.41) is 0. The molecular formula is C13H17F3N2. The molecule has 1 aromatic carbocycles. The Morgan fingerprint density at radius 1 is 1.28 bits per heavy atom. The van der Waals surface area contributed by atoms with Crippen LogP contribution >= 0.6 is 0 Å². The van der Waals surface area contributed by atoms with Gasteiger partial charge in [0.1, 0.15) is 0 Å². The van der Waals surface area contributed by atoms with E-state index in [-0.39, 0.29) is 17.6 Å². The van der Waals surface area contributed by atoms with E-state index in [0.717, 1.165) is 6.07 Å². The molecule has 2 rings (SSSR count). The molecule has 5 heteroatoms. The number of benzene rings is 1. The standard InChI is InChI=1S/C13H17F3N2/c1-12(2)7-18(8-12)11-4-3-9(6-17)5-10(11)13(14,15)16/h3-5H,6-8,17H2,1-2H3. The molecule has 2 nitrogen and oxygen atoms in total. The third-order valence-corrected chi connectivity index (χ3v) is 3.18. The van der Waals surface area contributed by atoms with Gasteiger partial charge in [-0.05, 0) is 23.1 Å². The highest BCUT2D eigenvalue weighted by Crippen LogP contribution is 2.41. The fraction of sp³-hybridized carbons (Fsp3) is 0.538. The SMILES string of the molecule is CC1(C)CN(c2ccc(CN)cc2C(F)(F)F)C1. The van der Waals surface area contributed by atoms with Crippen LogP contribution in [0, 0.1) is 5.41 Å². The van der Waals surface area contributed by atoms with Gasteiger partial charge >= 0.3 is 6.18 Å². The molecule has 0 spiro atoms. The number of hydrogen-bond acceptors (Lipinski definition) is 2. The second kappa shape index (κ2) is 4.16. The van der Waals surface area contributed by atoms with Gasteiger partial charge in [-0.25, -0.2) is 0 Å². The van der Waals surface area contributed by atoms with Crippen molar-refractivity contribution >= 4 is 5.69 Å². The minimum absolute atomic E-state index is 0.0927. The van der Waals surface area contributed by atoms with E-state index in [4.69, 9.17) is 5.73 Å². The van der Waals surface area contributed by atoms with E-state index >= 15 is 0 Å². The Labute approximate surface area is 105 Å². The molecule has 0 amide bonds. The summed E-state index contributed by atoms with van der Waals surface area (Å²) in [6.45, 7) is 5.51. The van der Waals surface area contributed by atoms with Gasteiger partial charge in [0.05, 0.1) is 5.56 Å². The maximum Gasteiger partial charge on any atom is 0.418 e. The van der Waals surface area contributed by atoms with Crippen molar-refractivity contribution in [3.8, 4) is 0 Å². The molecule has 1 fully saturated rings. The van der Waals surface area contributed by atoms with Crippen molar-refractivity contribution in [2.45, 2.75) is 26.6 Å². The Morgan fingerprint density at radius 3 is 2.33 bits per heavy atom. The summed E-state index contributed by atoms with van der Waals surface area (Å²) in [7, 11) is 0. The topological polar surface area (TPSA) is 29.3 Å². The average molecular weight is 258 g/mol. The highest BCUT2D eigenvalue weighted by Gasteiger charge is 2.40. The van der Waals surface area contributed by atoms with Gasteiger partial charge in [0.15, 0.2) is 0 Å². The van der Waals surface area contributed by atoms with Gasteiger partial charge in [-0.3, -0.25) is 0 Å². The Hall–Kier alpha value is -1.23. The number of rotatable bonds is 2. The molecule has 2 N–H and O–H groups in total. The molecule has 100 valence electrons. The highest BCUT2D eigenvalue weighted by molar-refractivity contribution is 5.58. The lowest BCUT2D eigenvalue weighted by Gasteiger charge is -2.48. The van der Waals surface area contributed by atoms with Gasteiger partial charge in [0.2, 0.25) is 0 Å². The molecular weight excluding hydrogens is 241 g/mol. The predicted molar refractivity (Wildman–Crippen MR) is 65.3 cm³/mol. The minimum Gasteiger partial charge on any atom is -0.370 e. The molecule has 1 aliphatic rings. The summed E-state index contributed by atoms with van der Waals surface area (Å²) in [6, 6.07) is 4.34. The van der Waals surface area contributed by atoms with Gasteiger partial charge in [-0.15, -0.1) is 0 Å². The summed E-state index contributed by atoms with van der Waals surface area (Å²) in [6.07, 6.45) is -4.33. The van der Waals surface area contributed by atoms with Crippen LogP contribution in [0.2, 0.25) is 0 Å². The van der Waals surface area contributed by atoms with Crippen LogP contribution in [0.5, 0.6) is 0 Å². The third-order valence-electron chi connectivity index (χ3n) is 3.18. The summed E-state index contributed by atoms with van der Waals surface area (Å²) in [5.74, 6) is 0. The summed E-state index contributed by atoms with van der Waals surface area (Å²) >= 11 is 0. The summed E-state index contributed by atoms with van der Waals surface area (Å²) < 4.78 is 39.0. The van der Waals surface area contributed by atoms with E-state index < -0.39 is 11.7 Å². The van der Waals surface area contributed by atoms with Gasteiger partial charge in [0.25, 0.3) is 0 Å². The van der Waals surface area contributed by atoms with Crippen LogP contribution < -0.4 is 10.6 Å². The number of anilines is 1. The number of halogens is 3. The van der Waals surface area contributed by atoms with Gasteiger partial charge in [0, 0.05) is 25.3 Å². The van der Waals surface area contributed by atoms with Crippen LogP contribution in [-0.4, -0.2) is 13.1 Å². The zero-order valence-electron chi connectivity index (χ0n) is 10.5. The zero-order valence-corrected chi connectivity index (χ0v) is 10.5. The van der Waals surface area contributed by atoms with Crippen LogP contribution in [0.4, 0.5) is 18.9 Å². The van der Waals surface area contributed by atoms with Crippen LogP contribution in [0.1, 0.15) is 25.0 Å². The molecule has 1 aromatic rings. The van der Waals surface area contributed by atoms with Crippen LogP contribution in [-0.2, 0) is 12.7 Å². The lowest BCUT2D eigenvalue weighted by molar-refractivity contribution is -0.137. The highest BCUT2D eigenvalue weighted by atomic mass is 19.4. The van der Waals surface area contributed by atoms with Crippen molar-refractivity contribution in [2.75, 3.05) is 18.0 Å². The quantitative estimate of drug-likeness (QED) is 0.883. The molecule has 0 unspecified atom stereocenters. The molecule has 18 heavy (non-hydrogen) atoms. The van der Waals surface area contributed by atoms with Gasteiger partial charge in [-0.2, -0.15) is 13.2 Å². The van der Waals surface area contributed by atoms with Crippen molar-refractivity contribution in [2.24, 2.45) is 11.1 Å². The molecule has 1 saturated heterocycles.